The first-order valence-corrected chi connectivity index (χ1v) is 6.37. The van der Waals surface area contributed by atoms with E-state index in [2.05, 4.69) is 0 Å². The van der Waals surface area contributed by atoms with Crippen molar-refractivity contribution in [3.05, 3.63) is 29.3 Å². The summed E-state index contributed by atoms with van der Waals surface area (Å²) >= 11 is 4.91. The average molecular weight is 290 g/mol. The molecule has 0 atom stereocenters. The monoisotopic (exact) mass is 290 g/mol. The molecule has 0 aromatic heterocycles. The summed E-state index contributed by atoms with van der Waals surface area (Å²) in [5, 5.41) is 0. The van der Waals surface area contributed by atoms with Gasteiger partial charge in [0.15, 0.2) is 0 Å². The average Bonchev–Trinajstić information content (AvgIpc) is 2.26. The molecule has 106 valence electrons. The number of thiocarbonyl (C=S) groups is 1. The van der Waals surface area contributed by atoms with Gasteiger partial charge in [-0.05, 0) is 31.0 Å². The Bertz CT molecular complexity index is 458. The lowest BCUT2D eigenvalue weighted by molar-refractivity contribution is -0.119. The molecule has 0 aliphatic heterocycles. The van der Waals surface area contributed by atoms with Crippen LogP contribution in [0.15, 0.2) is 18.2 Å². The zero-order valence-corrected chi connectivity index (χ0v) is 11.7. The lowest BCUT2D eigenvalue weighted by atomic mass is 10.1. The van der Waals surface area contributed by atoms with Crippen molar-refractivity contribution in [3.8, 4) is 0 Å². The summed E-state index contributed by atoms with van der Waals surface area (Å²) < 4.78 is 37.9. The molecule has 0 saturated carbocycles. The lowest BCUT2D eigenvalue weighted by Crippen LogP contribution is -2.36. The quantitative estimate of drug-likeness (QED) is 0.843. The molecule has 0 fully saturated rings. The van der Waals surface area contributed by atoms with Gasteiger partial charge in [0.2, 0.25) is 0 Å². The van der Waals surface area contributed by atoms with Gasteiger partial charge in [0, 0.05) is 17.8 Å². The standard InChI is InChI=1S/C13H17F3N2S/c1-3-6-18(8-13(14,15)16)11-7-9(2)4-5-10(11)12(17)19/h4-5,7H,3,6,8H2,1-2H3,(H2,17,19). The zero-order chi connectivity index (χ0) is 14.6. The van der Waals surface area contributed by atoms with Crippen LogP contribution >= 0.6 is 12.2 Å². The summed E-state index contributed by atoms with van der Waals surface area (Å²) in [5.74, 6) is 0. The Hall–Kier alpha value is -1.30. The van der Waals surface area contributed by atoms with Crippen molar-refractivity contribution < 1.29 is 13.2 Å². The second kappa shape index (κ2) is 6.23. The van der Waals surface area contributed by atoms with Gasteiger partial charge in [-0.25, -0.2) is 0 Å². The number of nitrogens with two attached hydrogens (primary N) is 1. The summed E-state index contributed by atoms with van der Waals surface area (Å²) in [7, 11) is 0. The molecule has 2 N–H and O–H groups in total. The van der Waals surface area contributed by atoms with Crippen molar-refractivity contribution in [1.29, 1.82) is 0 Å². The van der Waals surface area contributed by atoms with Crippen LogP contribution in [0.3, 0.4) is 0 Å². The molecule has 0 spiro atoms. The largest absolute Gasteiger partial charge is 0.405 e. The van der Waals surface area contributed by atoms with E-state index in [0.717, 1.165) is 5.56 Å². The van der Waals surface area contributed by atoms with Gasteiger partial charge in [0.1, 0.15) is 11.5 Å². The Balaban J connectivity index is 3.20. The van der Waals surface area contributed by atoms with Crippen LogP contribution in [-0.4, -0.2) is 24.3 Å². The van der Waals surface area contributed by atoms with Gasteiger partial charge in [0.05, 0.1) is 0 Å². The van der Waals surface area contributed by atoms with Crippen molar-refractivity contribution in [3.63, 3.8) is 0 Å². The molecular formula is C13H17F3N2S. The van der Waals surface area contributed by atoms with Crippen LogP contribution in [-0.2, 0) is 0 Å². The SMILES string of the molecule is CCCN(CC(F)(F)F)c1cc(C)ccc1C(N)=S. The molecule has 1 aromatic rings. The molecule has 0 amide bonds. The topological polar surface area (TPSA) is 29.3 Å². The predicted octanol–water partition coefficient (Wildman–Crippen LogP) is 3.41. The molecule has 0 aliphatic rings. The second-order valence-electron chi connectivity index (χ2n) is 4.42. The smallest absolute Gasteiger partial charge is 0.389 e. The third kappa shape index (κ3) is 4.70. The fraction of sp³-hybridized carbons (Fsp3) is 0.462. The van der Waals surface area contributed by atoms with Crippen LogP contribution in [0, 0.1) is 6.92 Å². The Morgan fingerprint density at radius 2 is 2.00 bits per heavy atom. The Kier molecular flexibility index (Phi) is 5.17. The van der Waals surface area contributed by atoms with Crippen molar-refractivity contribution in [2.75, 3.05) is 18.0 Å². The molecule has 0 unspecified atom stereocenters. The first-order chi connectivity index (χ1) is 8.74. The predicted molar refractivity (Wildman–Crippen MR) is 75.6 cm³/mol. The fourth-order valence-electron chi connectivity index (χ4n) is 1.88. The van der Waals surface area contributed by atoms with E-state index >= 15 is 0 Å². The summed E-state index contributed by atoms with van der Waals surface area (Å²) in [5.41, 5.74) is 7.39. The van der Waals surface area contributed by atoms with Crippen LogP contribution in [0.1, 0.15) is 24.5 Å². The van der Waals surface area contributed by atoms with Crippen LogP contribution in [0.2, 0.25) is 0 Å². The minimum atomic E-state index is -4.26. The van der Waals surface area contributed by atoms with Gasteiger partial charge in [-0.1, -0.05) is 25.2 Å². The van der Waals surface area contributed by atoms with Gasteiger partial charge in [-0.2, -0.15) is 13.2 Å². The molecule has 0 radical (unpaired) electrons. The van der Waals surface area contributed by atoms with Crippen LogP contribution in [0.5, 0.6) is 0 Å². The molecular weight excluding hydrogens is 273 g/mol. The van der Waals surface area contributed by atoms with E-state index in [0.29, 0.717) is 24.2 Å². The second-order valence-corrected chi connectivity index (χ2v) is 4.86. The molecule has 0 saturated heterocycles. The number of aryl methyl sites for hydroxylation is 1. The van der Waals surface area contributed by atoms with Crippen molar-refractivity contribution in [2.45, 2.75) is 26.4 Å². The Morgan fingerprint density at radius 1 is 1.37 bits per heavy atom. The van der Waals surface area contributed by atoms with Crippen LogP contribution in [0.25, 0.3) is 0 Å². The third-order valence-corrected chi connectivity index (χ3v) is 2.84. The van der Waals surface area contributed by atoms with Crippen molar-refractivity contribution >= 4 is 22.9 Å². The summed E-state index contributed by atoms with van der Waals surface area (Å²) in [4.78, 5) is 1.39. The number of rotatable bonds is 5. The number of hydrogen-bond donors (Lipinski definition) is 1. The van der Waals surface area contributed by atoms with E-state index < -0.39 is 12.7 Å². The van der Waals surface area contributed by atoms with Crippen LogP contribution < -0.4 is 10.6 Å². The highest BCUT2D eigenvalue weighted by molar-refractivity contribution is 7.80. The Morgan fingerprint density at radius 3 is 2.47 bits per heavy atom. The minimum absolute atomic E-state index is 0.110. The maximum atomic E-state index is 12.6. The lowest BCUT2D eigenvalue weighted by Gasteiger charge is -2.27. The van der Waals surface area contributed by atoms with E-state index in [1.807, 2.05) is 13.8 Å². The number of anilines is 1. The highest BCUT2D eigenvalue weighted by atomic mass is 32.1. The number of halogens is 3. The molecule has 0 heterocycles. The highest BCUT2D eigenvalue weighted by Crippen LogP contribution is 2.26. The Labute approximate surface area is 116 Å². The first kappa shape index (κ1) is 15.8. The van der Waals surface area contributed by atoms with Gasteiger partial charge in [-0.15, -0.1) is 0 Å². The van der Waals surface area contributed by atoms with E-state index in [1.165, 1.54) is 4.90 Å². The normalized spacial score (nSPS) is 11.4. The van der Waals surface area contributed by atoms with E-state index in [1.54, 1.807) is 18.2 Å². The molecule has 0 aliphatic carbocycles. The van der Waals surface area contributed by atoms with Crippen molar-refractivity contribution in [1.82, 2.24) is 0 Å². The molecule has 1 aromatic carbocycles. The molecule has 1 rings (SSSR count). The zero-order valence-electron chi connectivity index (χ0n) is 10.9. The highest BCUT2D eigenvalue weighted by Gasteiger charge is 2.31. The number of alkyl halides is 3. The van der Waals surface area contributed by atoms with Gasteiger partial charge in [-0.3, -0.25) is 0 Å². The number of benzene rings is 1. The summed E-state index contributed by atoms with van der Waals surface area (Å²) in [6.07, 6.45) is -3.65. The molecule has 19 heavy (non-hydrogen) atoms. The first-order valence-electron chi connectivity index (χ1n) is 5.96. The minimum Gasteiger partial charge on any atom is -0.389 e. The van der Waals surface area contributed by atoms with E-state index in [-0.39, 0.29) is 4.99 Å². The number of hydrogen-bond acceptors (Lipinski definition) is 2. The third-order valence-electron chi connectivity index (χ3n) is 2.62. The van der Waals surface area contributed by atoms with Gasteiger partial charge >= 0.3 is 6.18 Å². The molecule has 2 nitrogen and oxygen atoms in total. The van der Waals surface area contributed by atoms with E-state index in [4.69, 9.17) is 18.0 Å². The van der Waals surface area contributed by atoms with Gasteiger partial charge in [0.25, 0.3) is 0 Å². The maximum absolute atomic E-state index is 12.6. The fourth-order valence-corrected chi connectivity index (χ4v) is 2.06. The summed E-state index contributed by atoms with van der Waals surface area (Å²) in [6.45, 7) is 2.96. The van der Waals surface area contributed by atoms with Gasteiger partial charge < -0.3 is 10.6 Å². The molecule has 6 heteroatoms. The van der Waals surface area contributed by atoms with Crippen LogP contribution in [0.4, 0.5) is 18.9 Å². The number of nitrogens with zero attached hydrogens (tertiary/aromatic N) is 1. The van der Waals surface area contributed by atoms with E-state index in [9.17, 15) is 13.2 Å². The van der Waals surface area contributed by atoms with Crippen molar-refractivity contribution in [2.24, 2.45) is 5.73 Å². The maximum Gasteiger partial charge on any atom is 0.405 e. The molecule has 0 bridgehead atoms. The summed E-state index contributed by atoms with van der Waals surface area (Å²) in [6, 6.07) is 5.15.